The number of hydrogen-bond donors (Lipinski definition) is 3. The monoisotopic (exact) mass is 737 g/mol. The Hall–Kier alpha value is -6.15. The summed E-state index contributed by atoms with van der Waals surface area (Å²) in [5.41, 5.74) is 4.32. The summed E-state index contributed by atoms with van der Waals surface area (Å²) in [4.78, 5) is 60.2. The molecule has 7 rings (SSSR count). The molecular formula is C44H47N7O4. The summed E-state index contributed by atoms with van der Waals surface area (Å²) in [7, 11) is 0. The molecule has 0 bridgehead atoms. The second-order valence-electron chi connectivity index (χ2n) is 15.2. The molecule has 2 aliphatic heterocycles. The van der Waals surface area contributed by atoms with Gasteiger partial charge in [-0.15, -0.1) is 0 Å². The maximum Gasteiger partial charge on any atom is 0.408 e. The van der Waals surface area contributed by atoms with Gasteiger partial charge in [-0.05, 0) is 88.1 Å². The van der Waals surface area contributed by atoms with Gasteiger partial charge in [-0.2, -0.15) is 0 Å². The second-order valence-corrected chi connectivity index (χ2v) is 15.2. The van der Waals surface area contributed by atoms with Crippen LogP contribution in [-0.2, 0) is 14.3 Å². The lowest BCUT2D eigenvalue weighted by Gasteiger charge is -2.29. The standard InChI is InChI=1S/C44H47N7O4/c1-29(31-13-7-5-8-14-31)41(52)50-25-11-18-37(50)40-46-28-35(48-40)32-22-19-30(20-23-32)21-24-34-27-45-39(47-34)36-17-12-26-51(36)42(53)38(33-15-9-6-10-16-33)49-43(54)55-44(2,3)4/h5-10,13-16,19-20,22-23,27-29,36-38H,11-12,17-18,25-26H2,1-4H3,(H,45,47)(H,46,48)(H,49,54)/t29-,36+,37+,38-/m1/s1. The highest BCUT2D eigenvalue weighted by Gasteiger charge is 2.38. The van der Waals surface area contributed by atoms with Gasteiger partial charge in [-0.1, -0.05) is 78.7 Å². The maximum atomic E-state index is 14.0. The van der Waals surface area contributed by atoms with Gasteiger partial charge in [-0.25, -0.2) is 14.8 Å². The van der Waals surface area contributed by atoms with E-state index >= 15 is 0 Å². The van der Waals surface area contributed by atoms with Crippen molar-refractivity contribution >= 4 is 17.9 Å². The van der Waals surface area contributed by atoms with Crippen LogP contribution in [0.2, 0.25) is 0 Å². The maximum absolute atomic E-state index is 14.0. The zero-order valence-corrected chi connectivity index (χ0v) is 31.7. The van der Waals surface area contributed by atoms with Crippen LogP contribution in [0.15, 0.2) is 97.3 Å². The average molecular weight is 738 g/mol. The molecule has 55 heavy (non-hydrogen) atoms. The molecule has 11 heteroatoms. The van der Waals surface area contributed by atoms with Crippen LogP contribution >= 0.6 is 0 Å². The Labute approximate surface area is 321 Å². The number of amides is 3. The van der Waals surface area contributed by atoms with Crippen LogP contribution < -0.4 is 5.32 Å². The van der Waals surface area contributed by atoms with Gasteiger partial charge < -0.3 is 29.8 Å². The number of hydrogen-bond acceptors (Lipinski definition) is 6. The second kappa shape index (κ2) is 16.1. The van der Waals surface area contributed by atoms with E-state index in [1.165, 1.54) is 0 Å². The van der Waals surface area contributed by atoms with Gasteiger partial charge in [0.2, 0.25) is 5.91 Å². The number of aromatic amines is 2. The van der Waals surface area contributed by atoms with Gasteiger partial charge in [0.15, 0.2) is 0 Å². The number of nitrogens with one attached hydrogen (secondary N) is 3. The van der Waals surface area contributed by atoms with Gasteiger partial charge >= 0.3 is 6.09 Å². The molecule has 2 aromatic heterocycles. The fourth-order valence-electron chi connectivity index (χ4n) is 7.38. The lowest BCUT2D eigenvalue weighted by atomic mass is 9.99. The predicted molar refractivity (Wildman–Crippen MR) is 209 cm³/mol. The zero-order chi connectivity index (χ0) is 38.5. The third-order valence-corrected chi connectivity index (χ3v) is 10.1. The van der Waals surface area contributed by atoms with Gasteiger partial charge in [0.05, 0.1) is 36.1 Å². The summed E-state index contributed by atoms with van der Waals surface area (Å²) in [5, 5.41) is 2.80. The van der Waals surface area contributed by atoms with Gasteiger partial charge in [0, 0.05) is 18.7 Å². The molecule has 3 aromatic carbocycles. The van der Waals surface area contributed by atoms with Crippen LogP contribution in [0.1, 0.15) is 111 Å². The number of alkyl carbamates (subject to hydrolysis) is 1. The molecule has 0 saturated carbocycles. The molecule has 11 nitrogen and oxygen atoms in total. The molecule has 0 aliphatic carbocycles. The van der Waals surface area contributed by atoms with Crippen LogP contribution in [0.5, 0.6) is 0 Å². The fraction of sp³-hybridized carbons (Fsp3) is 0.341. The number of rotatable bonds is 8. The number of nitrogens with zero attached hydrogens (tertiary/aromatic N) is 4. The number of aromatic nitrogens is 4. The molecule has 4 heterocycles. The summed E-state index contributed by atoms with van der Waals surface area (Å²) < 4.78 is 5.49. The van der Waals surface area contributed by atoms with E-state index in [9.17, 15) is 14.4 Å². The number of imidazole rings is 2. The van der Waals surface area contributed by atoms with Gasteiger partial charge in [0.25, 0.3) is 5.91 Å². The minimum absolute atomic E-state index is 0.0783. The summed E-state index contributed by atoms with van der Waals surface area (Å²) in [5.74, 6) is 7.54. The number of carbonyl (C=O) groups excluding carboxylic acids is 3. The highest BCUT2D eigenvalue weighted by atomic mass is 16.6. The zero-order valence-electron chi connectivity index (χ0n) is 31.7. The average Bonchev–Trinajstić information content (AvgIpc) is 4.02. The van der Waals surface area contributed by atoms with Crippen molar-refractivity contribution < 1.29 is 19.1 Å². The SMILES string of the molecule is C[C@@H](C(=O)N1CCC[C@H]1c1ncc(-c2ccc(C#Cc3cnc([C@@H]4CCCN4C(=O)[C@H](NC(=O)OC(C)(C)C)c4ccccc4)[nH]3)cc2)[nH]1)c1ccccc1. The van der Waals surface area contributed by atoms with Gasteiger partial charge in [0.1, 0.15) is 29.0 Å². The quantitative estimate of drug-likeness (QED) is 0.140. The fourth-order valence-corrected chi connectivity index (χ4v) is 7.38. The van der Waals surface area contributed by atoms with E-state index in [4.69, 9.17) is 9.72 Å². The lowest BCUT2D eigenvalue weighted by Crippen LogP contribution is -2.44. The molecule has 282 valence electrons. The van der Waals surface area contributed by atoms with Crippen molar-refractivity contribution in [3.8, 4) is 23.1 Å². The molecule has 5 aromatic rings. The number of likely N-dealkylation sites (tertiary alicyclic amines) is 2. The minimum atomic E-state index is -0.905. The smallest absolute Gasteiger partial charge is 0.408 e. The van der Waals surface area contributed by atoms with Crippen LogP contribution in [0.3, 0.4) is 0 Å². The van der Waals surface area contributed by atoms with Crippen LogP contribution in [0.4, 0.5) is 4.79 Å². The molecule has 3 amide bonds. The summed E-state index contributed by atoms with van der Waals surface area (Å²) in [6.07, 6.45) is 6.23. The highest BCUT2D eigenvalue weighted by Crippen LogP contribution is 2.35. The van der Waals surface area contributed by atoms with Crippen molar-refractivity contribution in [3.63, 3.8) is 0 Å². The number of H-pyrrole nitrogens is 2. The van der Waals surface area contributed by atoms with Crippen LogP contribution in [0.25, 0.3) is 11.3 Å². The third kappa shape index (κ3) is 8.65. The van der Waals surface area contributed by atoms with Crippen molar-refractivity contribution in [3.05, 3.63) is 131 Å². The predicted octanol–water partition coefficient (Wildman–Crippen LogP) is 7.60. The van der Waals surface area contributed by atoms with E-state index in [1.54, 1.807) is 31.9 Å². The number of benzene rings is 3. The molecule has 0 unspecified atom stereocenters. The number of ether oxygens (including phenoxy) is 1. The molecule has 0 spiro atoms. The summed E-state index contributed by atoms with van der Waals surface area (Å²) in [6.45, 7) is 8.60. The Kier molecular flexibility index (Phi) is 10.9. The van der Waals surface area contributed by atoms with Crippen LogP contribution in [0, 0.1) is 11.8 Å². The van der Waals surface area contributed by atoms with Crippen molar-refractivity contribution in [2.45, 2.75) is 83.0 Å². The molecule has 4 atom stereocenters. The summed E-state index contributed by atoms with van der Waals surface area (Å²) in [6, 6.07) is 25.8. The van der Waals surface area contributed by atoms with E-state index in [-0.39, 0.29) is 29.8 Å². The first kappa shape index (κ1) is 37.2. The van der Waals surface area contributed by atoms with E-state index in [0.717, 1.165) is 60.4 Å². The van der Waals surface area contributed by atoms with E-state index < -0.39 is 17.7 Å². The van der Waals surface area contributed by atoms with Crippen molar-refractivity contribution in [2.75, 3.05) is 13.1 Å². The molecular weight excluding hydrogens is 691 g/mol. The van der Waals surface area contributed by atoms with Crippen molar-refractivity contribution in [1.29, 1.82) is 0 Å². The van der Waals surface area contributed by atoms with E-state index in [2.05, 4.69) is 32.1 Å². The Morgan fingerprint density at radius 3 is 1.98 bits per heavy atom. The van der Waals surface area contributed by atoms with Crippen molar-refractivity contribution in [2.24, 2.45) is 0 Å². The molecule has 0 radical (unpaired) electrons. The molecule has 2 aliphatic rings. The molecule has 3 N–H and O–H groups in total. The van der Waals surface area contributed by atoms with Crippen molar-refractivity contribution in [1.82, 2.24) is 35.1 Å². The van der Waals surface area contributed by atoms with E-state index in [0.29, 0.717) is 23.6 Å². The molecule has 2 fully saturated rings. The van der Waals surface area contributed by atoms with Crippen LogP contribution in [-0.4, -0.2) is 66.3 Å². The topological polar surface area (TPSA) is 136 Å². The largest absolute Gasteiger partial charge is 0.444 e. The Bertz CT molecular complexity index is 2180. The Morgan fingerprint density at radius 1 is 0.764 bits per heavy atom. The number of carbonyl (C=O) groups is 3. The summed E-state index contributed by atoms with van der Waals surface area (Å²) >= 11 is 0. The first-order chi connectivity index (χ1) is 26.5. The minimum Gasteiger partial charge on any atom is -0.444 e. The van der Waals surface area contributed by atoms with E-state index in [1.807, 2.05) is 103 Å². The molecule has 2 saturated heterocycles. The van der Waals surface area contributed by atoms with Gasteiger partial charge in [-0.3, -0.25) is 9.59 Å². The Morgan fingerprint density at radius 2 is 1.35 bits per heavy atom. The lowest BCUT2D eigenvalue weighted by molar-refractivity contribution is -0.135. The first-order valence-corrected chi connectivity index (χ1v) is 19.0. The normalized spacial score (nSPS) is 18.0. The third-order valence-electron chi connectivity index (χ3n) is 10.1. The first-order valence-electron chi connectivity index (χ1n) is 19.0. The Balaban J connectivity index is 1.00. The highest BCUT2D eigenvalue weighted by molar-refractivity contribution is 5.87.